The number of carbonyl (C=O) groups excluding carboxylic acids is 4. The highest BCUT2D eigenvalue weighted by atomic mass is 16.6. The van der Waals surface area contributed by atoms with Crippen molar-refractivity contribution < 1.29 is 28.7 Å². The Kier molecular flexibility index (Phi) is 5.98. The van der Waals surface area contributed by atoms with Crippen molar-refractivity contribution in [3.63, 3.8) is 0 Å². The molecular weight excluding hydrogens is 344 g/mol. The van der Waals surface area contributed by atoms with Gasteiger partial charge in [-0.2, -0.15) is 0 Å². The molecule has 10 heteroatoms. The number of rotatable bonds is 4. The fraction of sp³-hybridized carbons (Fsp3) is 0. The average Bonchev–Trinajstić information content (AvgIpc) is 2.67. The molecule has 0 unspecified atom stereocenters. The van der Waals surface area contributed by atoms with E-state index in [2.05, 4.69) is 20.3 Å². The summed E-state index contributed by atoms with van der Waals surface area (Å²) >= 11 is 0. The zero-order valence-corrected chi connectivity index (χ0v) is 13.2. The van der Waals surface area contributed by atoms with Crippen molar-refractivity contribution in [2.24, 2.45) is 11.7 Å². The van der Waals surface area contributed by atoms with Crippen LogP contribution in [0.1, 0.15) is 20.7 Å². The Bertz CT molecular complexity index is 761. The van der Waals surface area contributed by atoms with Gasteiger partial charge in [-0.25, -0.2) is 19.2 Å². The van der Waals surface area contributed by atoms with E-state index in [0.717, 1.165) is 0 Å². The number of ether oxygens (including phenoxy) is 2. The van der Waals surface area contributed by atoms with Crippen LogP contribution in [0.4, 0.5) is 11.4 Å². The number of nitrogens with one attached hydrogen (secondary N) is 2. The minimum atomic E-state index is -1.62. The molecule has 0 heterocycles. The average molecular weight is 358 g/mol. The second-order valence-corrected chi connectivity index (χ2v) is 4.80. The van der Waals surface area contributed by atoms with Gasteiger partial charge in [-0.3, -0.25) is 11.7 Å². The summed E-state index contributed by atoms with van der Waals surface area (Å²) < 4.78 is 8.72. The second kappa shape index (κ2) is 8.37. The van der Waals surface area contributed by atoms with Crippen LogP contribution in [0.25, 0.3) is 0 Å². The lowest BCUT2D eigenvalue weighted by molar-refractivity contribution is -0.160. The molecule has 134 valence electrons. The molecule has 0 saturated heterocycles. The van der Waals surface area contributed by atoms with Gasteiger partial charge in [0.1, 0.15) is 0 Å². The molecule has 0 amide bonds. The highest BCUT2D eigenvalue weighted by molar-refractivity contribution is 6.34. The maximum atomic E-state index is 11.8. The van der Waals surface area contributed by atoms with Gasteiger partial charge >= 0.3 is 23.9 Å². The lowest BCUT2D eigenvalue weighted by Crippen LogP contribution is -2.26. The third-order valence-electron chi connectivity index (χ3n) is 3.11. The van der Waals surface area contributed by atoms with Crippen LogP contribution in [0.2, 0.25) is 0 Å². The quantitative estimate of drug-likeness (QED) is 0.197. The van der Waals surface area contributed by atoms with Crippen molar-refractivity contribution in [2.75, 3.05) is 10.9 Å². The summed E-state index contributed by atoms with van der Waals surface area (Å²) in [4.78, 5) is 46.7. The lowest BCUT2D eigenvalue weighted by Gasteiger charge is -2.05. The first-order chi connectivity index (χ1) is 12.4. The topological polar surface area (TPSA) is 163 Å². The molecule has 0 aliphatic heterocycles. The van der Waals surface area contributed by atoms with Crippen molar-refractivity contribution in [1.29, 1.82) is 0 Å². The standard InChI is InChI=1S/C16H14N4O6/c17-19-11-5-1-9(2-6-11)13(21)25-15(23)16(24)26-14(22)10-3-7-12(20-18)8-4-10/h1-8,19-20H,17-18H2. The summed E-state index contributed by atoms with van der Waals surface area (Å²) in [5, 5.41) is 0. The SMILES string of the molecule is NNc1ccc(C(=O)OC(=O)C(=O)OC(=O)c2ccc(NN)cc2)cc1. The fourth-order valence-corrected chi connectivity index (χ4v) is 1.77. The minimum absolute atomic E-state index is 0.00125. The molecule has 0 bridgehead atoms. The van der Waals surface area contributed by atoms with E-state index in [1.807, 2.05) is 0 Å². The van der Waals surface area contributed by atoms with Gasteiger partial charge < -0.3 is 20.3 Å². The maximum absolute atomic E-state index is 11.8. The molecule has 0 atom stereocenters. The van der Waals surface area contributed by atoms with Gasteiger partial charge in [-0.1, -0.05) is 0 Å². The molecule has 0 saturated carbocycles. The van der Waals surface area contributed by atoms with Crippen molar-refractivity contribution in [3.05, 3.63) is 59.7 Å². The first-order valence-electron chi connectivity index (χ1n) is 7.10. The molecule has 0 aromatic heterocycles. The highest BCUT2D eigenvalue weighted by Crippen LogP contribution is 2.11. The summed E-state index contributed by atoms with van der Waals surface area (Å²) in [6.45, 7) is 0. The summed E-state index contributed by atoms with van der Waals surface area (Å²) in [5.74, 6) is 4.96. The van der Waals surface area contributed by atoms with Crippen LogP contribution in [0.5, 0.6) is 0 Å². The molecule has 2 aromatic rings. The van der Waals surface area contributed by atoms with Gasteiger partial charge in [-0.05, 0) is 48.5 Å². The van der Waals surface area contributed by atoms with Crippen LogP contribution in [-0.4, -0.2) is 23.9 Å². The maximum Gasteiger partial charge on any atom is 0.425 e. The van der Waals surface area contributed by atoms with E-state index in [-0.39, 0.29) is 11.1 Å². The highest BCUT2D eigenvalue weighted by Gasteiger charge is 2.25. The number of hydrogen-bond acceptors (Lipinski definition) is 10. The van der Waals surface area contributed by atoms with E-state index in [4.69, 9.17) is 11.7 Å². The molecule has 6 N–H and O–H groups in total. The molecule has 0 radical (unpaired) electrons. The number of nitrogens with two attached hydrogens (primary N) is 2. The monoisotopic (exact) mass is 358 g/mol. The van der Waals surface area contributed by atoms with E-state index >= 15 is 0 Å². The number of benzene rings is 2. The Morgan fingerprint density at radius 2 is 0.923 bits per heavy atom. The molecule has 2 rings (SSSR count). The van der Waals surface area contributed by atoms with E-state index < -0.39 is 23.9 Å². The summed E-state index contributed by atoms with van der Waals surface area (Å²) in [5.41, 5.74) is 5.76. The largest absolute Gasteiger partial charge is 0.425 e. The molecule has 0 fully saturated rings. The van der Waals surface area contributed by atoms with E-state index in [1.165, 1.54) is 48.5 Å². The van der Waals surface area contributed by atoms with Gasteiger partial charge in [0.15, 0.2) is 0 Å². The number of nitrogen functional groups attached to an aromatic ring is 2. The summed E-state index contributed by atoms with van der Waals surface area (Å²) in [6, 6.07) is 11.2. The summed E-state index contributed by atoms with van der Waals surface area (Å²) in [6.07, 6.45) is 0. The van der Waals surface area contributed by atoms with Gasteiger partial charge in [0.05, 0.1) is 11.1 Å². The van der Waals surface area contributed by atoms with Gasteiger partial charge in [0.25, 0.3) is 0 Å². The molecule has 0 aliphatic carbocycles. The predicted molar refractivity (Wildman–Crippen MR) is 89.3 cm³/mol. The molecule has 0 spiro atoms. The lowest BCUT2D eigenvalue weighted by atomic mass is 10.2. The first kappa shape index (κ1) is 18.6. The predicted octanol–water partition coefficient (Wildman–Crippen LogP) is 0.325. The number of esters is 4. The number of hydrazine groups is 2. The Hall–Kier alpha value is -3.76. The van der Waals surface area contributed by atoms with Crippen LogP contribution in [-0.2, 0) is 19.1 Å². The van der Waals surface area contributed by atoms with Crippen LogP contribution in [0, 0.1) is 0 Å². The fourth-order valence-electron chi connectivity index (χ4n) is 1.77. The second-order valence-electron chi connectivity index (χ2n) is 4.80. The molecular formula is C16H14N4O6. The first-order valence-corrected chi connectivity index (χ1v) is 7.10. The number of carbonyl (C=O) groups is 4. The van der Waals surface area contributed by atoms with Gasteiger partial charge in [-0.15, -0.1) is 0 Å². The van der Waals surface area contributed by atoms with Crippen molar-refractivity contribution in [2.45, 2.75) is 0 Å². The molecule has 10 nitrogen and oxygen atoms in total. The summed E-state index contributed by atoms with van der Waals surface area (Å²) in [7, 11) is 0. The van der Waals surface area contributed by atoms with E-state index in [1.54, 1.807) is 0 Å². The van der Waals surface area contributed by atoms with Crippen LogP contribution in [0.3, 0.4) is 0 Å². The Morgan fingerprint density at radius 1 is 0.615 bits per heavy atom. The van der Waals surface area contributed by atoms with Crippen molar-refractivity contribution in [3.8, 4) is 0 Å². The Labute approximate surface area is 147 Å². The zero-order chi connectivity index (χ0) is 19.1. The number of hydrogen-bond donors (Lipinski definition) is 4. The van der Waals surface area contributed by atoms with E-state index in [9.17, 15) is 19.2 Å². The third-order valence-corrected chi connectivity index (χ3v) is 3.11. The number of anilines is 2. The molecule has 26 heavy (non-hydrogen) atoms. The zero-order valence-electron chi connectivity index (χ0n) is 13.2. The minimum Gasteiger partial charge on any atom is -0.381 e. The Morgan fingerprint density at radius 3 is 1.19 bits per heavy atom. The van der Waals surface area contributed by atoms with Gasteiger partial charge in [0, 0.05) is 11.4 Å². The molecule has 0 aliphatic rings. The van der Waals surface area contributed by atoms with E-state index in [0.29, 0.717) is 11.4 Å². The van der Waals surface area contributed by atoms with Crippen molar-refractivity contribution in [1.82, 2.24) is 0 Å². The van der Waals surface area contributed by atoms with Gasteiger partial charge in [0.2, 0.25) is 0 Å². The normalized spacial score (nSPS) is 9.77. The Balaban J connectivity index is 1.94. The molecule has 2 aromatic carbocycles. The smallest absolute Gasteiger partial charge is 0.381 e. The van der Waals surface area contributed by atoms with Crippen LogP contribution >= 0.6 is 0 Å². The van der Waals surface area contributed by atoms with Crippen molar-refractivity contribution >= 4 is 35.3 Å². The van der Waals surface area contributed by atoms with Crippen LogP contribution < -0.4 is 22.5 Å². The third kappa shape index (κ3) is 4.63. The van der Waals surface area contributed by atoms with Crippen LogP contribution in [0.15, 0.2) is 48.5 Å².